The molecule has 3 rings (SSSR count). The number of aromatic nitrogens is 1. The predicted octanol–water partition coefficient (Wildman–Crippen LogP) is 4.21. The highest BCUT2D eigenvalue weighted by Gasteiger charge is 2.37. The summed E-state index contributed by atoms with van der Waals surface area (Å²) in [7, 11) is -6.82. The SMILES string of the molecule is [2H]C([2H])([2H])OC(=O)N[C@H](C(=O)NN(C[C@H](O)[C@H](Cc1ccccc1)NC(=O)[C@@H](NC(=O)OC([2H])([2H])[2H])C(C([2H])([2H])[2H])(C([2H])([2H])[2H])C([2H])([2H])[2H])C([2H])([2H])c1ccc(-c2ccccn2)cc1)C(C)(C)C. The van der Waals surface area contributed by atoms with Gasteiger partial charge < -0.3 is 30.5 Å². The van der Waals surface area contributed by atoms with Crippen molar-refractivity contribution in [2.75, 3.05) is 20.6 Å². The molecule has 0 aliphatic rings. The van der Waals surface area contributed by atoms with Gasteiger partial charge in [0.15, 0.2) is 0 Å². The van der Waals surface area contributed by atoms with E-state index in [9.17, 15) is 27.0 Å². The number of methoxy groups -OCH3 is 2. The minimum Gasteiger partial charge on any atom is -0.453 e. The molecular formula is C38H52N6O7. The van der Waals surface area contributed by atoms with Gasteiger partial charge in [-0.3, -0.25) is 20.0 Å². The van der Waals surface area contributed by atoms with E-state index in [-0.39, 0.29) is 5.56 Å². The Morgan fingerprint density at radius 1 is 0.804 bits per heavy atom. The number of nitrogens with zero attached hydrogens (tertiary/aromatic N) is 2. The van der Waals surface area contributed by atoms with Crippen molar-refractivity contribution in [2.45, 2.75) is 78.5 Å². The third-order valence-electron chi connectivity index (χ3n) is 7.35. The number of aliphatic hydroxyl groups is 1. The molecule has 0 aliphatic heterocycles. The Labute approximate surface area is 324 Å². The van der Waals surface area contributed by atoms with Crippen LogP contribution in [-0.2, 0) is 32.0 Å². The topological polar surface area (TPSA) is 171 Å². The number of hydrazine groups is 1. The molecule has 4 atom stereocenters. The van der Waals surface area contributed by atoms with Gasteiger partial charge in [-0.25, -0.2) is 14.6 Å². The van der Waals surface area contributed by atoms with Gasteiger partial charge in [0.05, 0.1) is 42.9 Å². The molecule has 4 amide bonds. The number of amides is 4. The number of ether oxygens (including phenoxy) is 2. The first-order valence-electron chi connectivity index (χ1n) is 23.9. The van der Waals surface area contributed by atoms with Gasteiger partial charge >= 0.3 is 12.2 Å². The maximum absolute atomic E-state index is 14.5. The van der Waals surface area contributed by atoms with Crippen molar-refractivity contribution >= 4 is 24.0 Å². The summed E-state index contributed by atoms with van der Waals surface area (Å²) in [5.74, 6) is -3.09. The quantitative estimate of drug-likeness (QED) is 0.153. The van der Waals surface area contributed by atoms with Crippen LogP contribution >= 0.6 is 0 Å². The van der Waals surface area contributed by atoms with E-state index in [0.717, 1.165) is 0 Å². The van der Waals surface area contributed by atoms with Gasteiger partial charge in [0, 0.05) is 37.1 Å². The zero-order chi connectivity index (χ0) is 52.1. The predicted molar refractivity (Wildman–Crippen MR) is 194 cm³/mol. The average Bonchev–Trinajstić information content (AvgIpc) is 3.16. The van der Waals surface area contributed by atoms with Crippen LogP contribution in [0.3, 0.4) is 0 Å². The molecule has 276 valence electrons. The van der Waals surface area contributed by atoms with Gasteiger partial charge in [0.25, 0.3) is 5.91 Å². The Bertz CT molecular complexity index is 2150. The minimum absolute atomic E-state index is 0.176. The molecule has 0 saturated heterocycles. The molecule has 5 N–H and O–H groups in total. The van der Waals surface area contributed by atoms with Crippen LogP contribution in [0.25, 0.3) is 11.3 Å². The van der Waals surface area contributed by atoms with Crippen molar-refractivity contribution in [1.82, 2.24) is 31.4 Å². The summed E-state index contributed by atoms with van der Waals surface area (Å²) in [6.45, 7) is -12.1. The van der Waals surface area contributed by atoms with Gasteiger partial charge in [-0.1, -0.05) is 102 Å². The third kappa shape index (κ3) is 12.7. The minimum atomic E-state index is -4.21. The molecule has 13 nitrogen and oxygen atoms in total. The van der Waals surface area contributed by atoms with Crippen LogP contribution in [0.15, 0.2) is 79.0 Å². The fraction of sp³-hybridized carbons (Fsp3) is 0.447. The van der Waals surface area contributed by atoms with E-state index in [1.54, 1.807) is 24.3 Å². The van der Waals surface area contributed by atoms with E-state index >= 15 is 0 Å². The second kappa shape index (κ2) is 18.3. The highest BCUT2D eigenvalue weighted by Crippen LogP contribution is 2.23. The molecule has 1 heterocycles. The van der Waals surface area contributed by atoms with Gasteiger partial charge in [-0.05, 0) is 40.5 Å². The third-order valence-corrected chi connectivity index (χ3v) is 7.35. The van der Waals surface area contributed by atoms with Crippen molar-refractivity contribution in [2.24, 2.45) is 10.8 Å². The second-order valence-corrected chi connectivity index (χ2v) is 12.5. The van der Waals surface area contributed by atoms with E-state index in [2.05, 4.69) is 30.5 Å². The molecule has 0 saturated carbocycles. The Hall–Kier alpha value is -5.01. The molecule has 0 unspecified atom stereocenters. The molecule has 0 fully saturated rings. The first-order chi connectivity index (χ1) is 30.8. The van der Waals surface area contributed by atoms with E-state index in [0.29, 0.717) is 21.8 Å². The van der Waals surface area contributed by atoms with E-state index < -0.39 is 113 Å². The molecule has 0 spiro atoms. The van der Waals surface area contributed by atoms with E-state index in [1.807, 2.05) is 0 Å². The van der Waals surface area contributed by atoms with Crippen LogP contribution in [0.2, 0.25) is 0 Å². The smallest absolute Gasteiger partial charge is 0.407 e. The lowest BCUT2D eigenvalue weighted by molar-refractivity contribution is -0.132. The molecule has 3 aromatic rings. The zero-order valence-corrected chi connectivity index (χ0v) is 28.0. The first-order valence-corrected chi connectivity index (χ1v) is 15.4. The average molecular weight is 722 g/mol. The monoisotopic (exact) mass is 721 g/mol. The highest BCUT2D eigenvalue weighted by atomic mass is 16.5. The Morgan fingerprint density at radius 2 is 1.41 bits per heavy atom. The van der Waals surface area contributed by atoms with Crippen LogP contribution < -0.4 is 21.4 Å². The lowest BCUT2D eigenvalue weighted by Gasteiger charge is -2.35. The number of hydrogen-bond donors (Lipinski definition) is 5. The second-order valence-electron chi connectivity index (χ2n) is 12.5. The molecule has 0 bridgehead atoms. The van der Waals surface area contributed by atoms with Crippen molar-refractivity contribution in [3.63, 3.8) is 0 Å². The van der Waals surface area contributed by atoms with Gasteiger partial charge in [-0.15, -0.1) is 0 Å². The van der Waals surface area contributed by atoms with Crippen LogP contribution in [0.4, 0.5) is 9.59 Å². The van der Waals surface area contributed by atoms with E-state index in [1.165, 1.54) is 80.8 Å². The van der Waals surface area contributed by atoms with Crippen molar-refractivity contribution in [3.05, 3.63) is 90.1 Å². The number of benzene rings is 2. The summed E-state index contributed by atoms with van der Waals surface area (Å²) in [5, 5.41) is 18.5. The largest absolute Gasteiger partial charge is 0.453 e. The highest BCUT2D eigenvalue weighted by molar-refractivity contribution is 5.87. The summed E-state index contributed by atoms with van der Waals surface area (Å²) in [5.41, 5.74) is -2.00. The molecule has 2 aromatic carbocycles. The Morgan fingerprint density at radius 3 is 1.96 bits per heavy atom. The summed E-state index contributed by atoms with van der Waals surface area (Å²) in [4.78, 5) is 58.6. The summed E-state index contributed by atoms with van der Waals surface area (Å²) < 4.78 is 145. The summed E-state index contributed by atoms with van der Waals surface area (Å²) in [6.07, 6.45) is -4.80. The fourth-order valence-corrected chi connectivity index (χ4v) is 4.79. The van der Waals surface area contributed by atoms with Crippen LogP contribution in [0.1, 0.15) is 75.8 Å². The maximum Gasteiger partial charge on any atom is 0.407 e. The van der Waals surface area contributed by atoms with Crippen LogP contribution in [0.5, 0.6) is 0 Å². The Balaban J connectivity index is 2.26. The van der Waals surface area contributed by atoms with Crippen LogP contribution in [0, 0.1) is 10.8 Å². The maximum atomic E-state index is 14.5. The number of hydrogen-bond acceptors (Lipinski definition) is 9. The van der Waals surface area contributed by atoms with Gasteiger partial charge in [0.1, 0.15) is 12.1 Å². The van der Waals surface area contributed by atoms with Crippen molar-refractivity contribution < 1.29 is 57.1 Å². The number of carbonyl (C=O) groups excluding carboxylic acids is 4. The number of carbonyl (C=O) groups is 4. The lowest BCUT2D eigenvalue weighted by atomic mass is 9.85. The number of alkyl carbamates (subject to hydrolysis) is 2. The molecule has 0 aliphatic carbocycles. The molecular weight excluding hydrogens is 652 g/mol. The zero-order valence-electron chi connectivity index (χ0n) is 45.0. The molecule has 13 heteroatoms. The molecule has 51 heavy (non-hydrogen) atoms. The van der Waals surface area contributed by atoms with Crippen LogP contribution in [-0.4, -0.2) is 84.0 Å². The fourth-order valence-electron chi connectivity index (χ4n) is 4.79. The van der Waals surface area contributed by atoms with E-state index in [4.69, 9.17) is 20.6 Å². The lowest BCUT2D eigenvalue weighted by Crippen LogP contribution is -2.60. The number of aliphatic hydroxyl groups excluding tert-OH is 1. The van der Waals surface area contributed by atoms with Gasteiger partial charge in [0.2, 0.25) is 5.91 Å². The van der Waals surface area contributed by atoms with Crippen molar-refractivity contribution in [3.8, 4) is 11.3 Å². The summed E-state index contributed by atoms with van der Waals surface area (Å²) in [6, 6.07) is 11.5. The standard InChI is InChI=1S/C38H52N6O7/c1-37(2,3)31(41-35(48)50-7)33(46)40-29(22-25-14-10-9-11-15-25)30(45)24-44(43-34(47)32(38(4,5)6)42-36(49)51-8)23-26-17-19-27(20-18-26)28-16-12-13-21-39-28/h9-21,29-32,45H,22-24H2,1-8H3,(H,40,46)(H,41,48)(H,42,49)(H,43,47)/t29-,30-,31+,32+/m0/s1/i1D3,2D3,3D3,7D3,8D3,23D2. The summed E-state index contributed by atoms with van der Waals surface area (Å²) >= 11 is 0. The van der Waals surface area contributed by atoms with Crippen molar-refractivity contribution in [1.29, 1.82) is 0 Å². The molecule has 1 aromatic heterocycles. The molecule has 0 radical (unpaired) electrons. The van der Waals surface area contributed by atoms with Gasteiger partial charge in [-0.2, -0.15) is 0 Å². The number of rotatable bonds is 14. The normalized spacial score (nSPS) is 20.5. The first kappa shape index (κ1) is 22.0. The number of nitrogens with one attached hydrogen (secondary N) is 4. The Kier molecular flexibility index (Phi) is 7.90. The number of pyridine rings is 1.